The number of hydrogen-bond donors (Lipinski definition) is 2. The average molecular weight is 494 g/mol. The number of carbonyl (C=O) groups is 1. The highest BCUT2D eigenvalue weighted by Crippen LogP contribution is 2.36. The summed E-state index contributed by atoms with van der Waals surface area (Å²) in [4.78, 5) is 16.9. The zero-order valence-electron chi connectivity index (χ0n) is 19.5. The summed E-state index contributed by atoms with van der Waals surface area (Å²) in [5.74, 6) is -0.463. The van der Waals surface area contributed by atoms with Gasteiger partial charge in [-0.2, -0.15) is 4.31 Å². The van der Waals surface area contributed by atoms with E-state index in [4.69, 9.17) is 14.2 Å². The predicted molar refractivity (Wildman–Crippen MR) is 123 cm³/mol. The second-order valence-electron chi connectivity index (χ2n) is 8.12. The van der Waals surface area contributed by atoms with Crippen molar-refractivity contribution in [2.24, 2.45) is 5.92 Å². The van der Waals surface area contributed by atoms with E-state index < -0.39 is 22.0 Å². The Hall–Kier alpha value is -2.73. The summed E-state index contributed by atoms with van der Waals surface area (Å²) in [7, 11) is 0.308. The van der Waals surface area contributed by atoms with E-state index in [9.17, 15) is 18.4 Å². The maximum absolute atomic E-state index is 14.0. The molecular formula is C23H31N3O7S. The molecule has 0 radical (unpaired) electrons. The van der Waals surface area contributed by atoms with Gasteiger partial charge in [0.1, 0.15) is 6.04 Å². The molecule has 0 bridgehead atoms. The van der Waals surface area contributed by atoms with Crippen molar-refractivity contribution < 1.29 is 32.6 Å². The van der Waals surface area contributed by atoms with Gasteiger partial charge in [0.2, 0.25) is 10.0 Å². The largest absolute Gasteiger partial charge is 0.493 e. The molecule has 1 saturated carbocycles. The maximum atomic E-state index is 14.0. The molecule has 2 aromatic rings. The number of nitrogens with one attached hydrogen (secondary N) is 1. The Morgan fingerprint density at radius 3 is 2.29 bits per heavy atom. The highest BCUT2D eigenvalue weighted by Gasteiger charge is 2.42. The zero-order valence-corrected chi connectivity index (χ0v) is 20.3. The van der Waals surface area contributed by atoms with E-state index in [0.29, 0.717) is 37.0 Å². The lowest BCUT2D eigenvalue weighted by Gasteiger charge is -2.38. The van der Waals surface area contributed by atoms with Gasteiger partial charge in [0.05, 0.1) is 25.2 Å². The number of rotatable bonds is 10. The molecule has 1 aromatic heterocycles. The number of nitrogens with zero attached hydrogens (tertiary/aromatic N) is 2. The number of ether oxygens (including phenoxy) is 3. The maximum Gasteiger partial charge on any atom is 0.262 e. The van der Waals surface area contributed by atoms with E-state index in [0.717, 1.165) is 4.31 Å². The minimum atomic E-state index is -4.21. The van der Waals surface area contributed by atoms with Crippen molar-refractivity contribution >= 4 is 15.9 Å². The summed E-state index contributed by atoms with van der Waals surface area (Å²) < 4.78 is 45.0. The second-order valence-corrected chi connectivity index (χ2v) is 10.0. The first-order chi connectivity index (χ1) is 16.3. The smallest absolute Gasteiger partial charge is 0.262 e. The van der Waals surface area contributed by atoms with Gasteiger partial charge in [0.25, 0.3) is 5.91 Å². The van der Waals surface area contributed by atoms with Crippen LogP contribution in [0, 0.1) is 5.92 Å². The van der Waals surface area contributed by atoms with Gasteiger partial charge < -0.3 is 14.2 Å². The third-order valence-electron chi connectivity index (χ3n) is 6.24. The number of carbonyl (C=O) groups excluding carboxylic acids is 1. The van der Waals surface area contributed by atoms with Crippen LogP contribution in [0.25, 0.3) is 0 Å². The normalized spacial score (nSPS) is 19.4. The third-order valence-corrected chi connectivity index (χ3v) is 8.06. The minimum absolute atomic E-state index is 0.0551. The van der Waals surface area contributed by atoms with Crippen LogP contribution >= 0.6 is 0 Å². The van der Waals surface area contributed by atoms with Crippen LogP contribution in [0.1, 0.15) is 31.2 Å². The number of hydrogen-bond acceptors (Lipinski definition) is 8. The van der Waals surface area contributed by atoms with E-state index in [1.807, 2.05) is 0 Å². The second kappa shape index (κ2) is 11.6. The number of hydroxylamine groups is 1. The first-order valence-corrected chi connectivity index (χ1v) is 12.4. The SMILES string of the molecule is COc1ccc(S(=O)(=O)N(Cc2ccncc2)[C@@H](C(=O)NO)C2CCC(OC)CC2)cc1OC. The molecule has 1 aliphatic rings. The van der Waals surface area contributed by atoms with Gasteiger partial charge in [0, 0.05) is 32.1 Å². The van der Waals surface area contributed by atoms with Gasteiger partial charge in [-0.3, -0.25) is 15.0 Å². The Bertz CT molecular complexity index is 1060. The van der Waals surface area contributed by atoms with Crippen molar-refractivity contribution in [2.75, 3.05) is 21.3 Å². The summed E-state index contributed by atoms with van der Waals surface area (Å²) in [6, 6.07) is 6.52. The topological polar surface area (TPSA) is 127 Å². The fraction of sp³-hybridized carbons (Fsp3) is 0.478. The molecule has 0 spiro atoms. The molecule has 2 N–H and O–H groups in total. The van der Waals surface area contributed by atoms with E-state index in [-0.39, 0.29) is 29.2 Å². The highest BCUT2D eigenvalue weighted by molar-refractivity contribution is 7.89. The molecule has 1 atom stereocenters. The van der Waals surface area contributed by atoms with Crippen molar-refractivity contribution in [2.45, 2.75) is 49.3 Å². The monoisotopic (exact) mass is 493 g/mol. The molecular weight excluding hydrogens is 462 g/mol. The fourth-order valence-corrected chi connectivity index (χ4v) is 6.05. The Labute approximate surface area is 199 Å². The van der Waals surface area contributed by atoms with Crippen molar-refractivity contribution in [1.29, 1.82) is 0 Å². The van der Waals surface area contributed by atoms with Crippen molar-refractivity contribution in [3.63, 3.8) is 0 Å². The zero-order chi connectivity index (χ0) is 24.7. The molecule has 0 saturated heterocycles. The number of methoxy groups -OCH3 is 3. The van der Waals surface area contributed by atoms with Crippen LogP contribution in [0.4, 0.5) is 0 Å². The lowest BCUT2D eigenvalue weighted by Crippen LogP contribution is -2.53. The summed E-state index contributed by atoms with van der Waals surface area (Å²) >= 11 is 0. The molecule has 3 rings (SSSR count). The summed E-state index contributed by atoms with van der Waals surface area (Å²) in [5.41, 5.74) is 2.34. The molecule has 1 aromatic carbocycles. The molecule has 1 aliphatic carbocycles. The Kier molecular flexibility index (Phi) is 8.84. The van der Waals surface area contributed by atoms with Crippen molar-refractivity contribution in [1.82, 2.24) is 14.8 Å². The fourth-order valence-electron chi connectivity index (χ4n) is 4.40. The van der Waals surface area contributed by atoms with Gasteiger partial charge >= 0.3 is 0 Å². The molecule has 11 heteroatoms. The molecule has 186 valence electrons. The van der Waals surface area contributed by atoms with Crippen molar-refractivity contribution in [3.8, 4) is 11.5 Å². The Balaban J connectivity index is 2.08. The summed E-state index contributed by atoms with van der Waals surface area (Å²) in [6.45, 7) is -0.0819. The quantitative estimate of drug-likeness (QED) is 0.381. The molecule has 0 aliphatic heterocycles. The van der Waals surface area contributed by atoms with Crippen LogP contribution in [0.3, 0.4) is 0 Å². The molecule has 34 heavy (non-hydrogen) atoms. The first-order valence-electron chi connectivity index (χ1n) is 10.9. The van der Waals surface area contributed by atoms with Gasteiger partial charge in [-0.05, 0) is 61.4 Å². The van der Waals surface area contributed by atoms with Crippen LogP contribution in [-0.4, -0.2) is 62.3 Å². The minimum Gasteiger partial charge on any atom is -0.493 e. The number of sulfonamides is 1. The van der Waals surface area contributed by atoms with Crippen LogP contribution < -0.4 is 15.0 Å². The highest BCUT2D eigenvalue weighted by atomic mass is 32.2. The van der Waals surface area contributed by atoms with E-state index in [1.54, 1.807) is 37.1 Å². The van der Waals surface area contributed by atoms with E-state index in [1.165, 1.54) is 32.4 Å². The van der Waals surface area contributed by atoms with Crippen LogP contribution in [0.5, 0.6) is 11.5 Å². The Morgan fingerprint density at radius 2 is 1.74 bits per heavy atom. The third kappa shape index (κ3) is 5.66. The van der Waals surface area contributed by atoms with Crippen LogP contribution in [0.2, 0.25) is 0 Å². The molecule has 1 amide bonds. The van der Waals surface area contributed by atoms with Gasteiger partial charge in [-0.1, -0.05) is 0 Å². The molecule has 1 fully saturated rings. The number of benzene rings is 1. The van der Waals surface area contributed by atoms with Gasteiger partial charge in [0.15, 0.2) is 11.5 Å². The number of amides is 1. The number of pyridine rings is 1. The standard InChI is InChI=1S/C23H31N3O7S/c1-31-18-6-4-17(5-7-18)22(23(27)25-28)26(15-16-10-12-24-13-11-16)34(29,30)19-8-9-20(32-2)21(14-19)33-3/h8-14,17-18,22,28H,4-7,15H2,1-3H3,(H,25,27)/t17?,18?,22-/m1/s1. The Morgan fingerprint density at radius 1 is 1.09 bits per heavy atom. The van der Waals surface area contributed by atoms with Crippen LogP contribution in [0.15, 0.2) is 47.6 Å². The summed E-state index contributed by atoms with van der Waals surface area (Å²) in [6.07, 6.45) is 5.70. The average Bonchev–Trinajstić information content (AvgIpc) is 2.88. The molecule has 1 heterocycles. The summed E-state index contributed by atoms with van der Waals surface area (Å²) in [5, 5.41) is 9.54. The van der Waals surface area contributed by atoms with Crippen molar-refractivity contribution in [3.05, 3.63) is 48.3 Å². The lowest BCUT2D eigenvalue weighted by molar-refractivity contribution is -0.136. The predicted octanol–water partition coefficient (Wildman–Crippen LogP) is 2.37. The molecule has 0 unspecified atom stereocenters. The van der Waals surface area contributed by atoms with E-state index in [2.05, 4.69) is 4.98 Å². The lowest BCUT2D eigenvalue weighted by atomic mass is 9.82. The first kappa shape index (κ1) is 25.9. The van der Waals surface area contributed by atoms with E-state index >= 15 is 0 Å². The van der Waals surface area contributed by atoms with Gasteiger partial charge in [-0.25, -0.2) is 13.9 Å². The van der Waals surface area contributed by atoms with Gasteiger partial charge in [-0.15, -0.1) is 0 Å². The number of aromatic nitrogens is 1. The molecule has 10 nitrogen and oxygen atoms in total. The van der Waals surface area contributed by atoms with Crippen LogP contribution in [-0.2, 0) is 26.1 Å².